The van der Waals surface area contributed by atoms with E-state index >= 15 is 0 Å². The van der Waals surface area contributed by atoms with Crippen LogP contribution in [-0.4, -0.2) is 42.2 Å². The molecule has 0 unspecified atom stereocenters. The van der Waals surface area contributed by atoms with Gasteiger partial charge in [-0.25, -0.2) is 5.01 Å². The summed E-state index contributed by atoms with van der Waals surface area (Å²) in [5, 5.41) is 5.91. The summed E-state index contributed by atoms with van der Waals surface area (Å²) in [5.74, 6) is -0.114. The Morgan fingerprint density at radius 1 is 1.29 bits per heavy atom. The van der Waals surface area contributed by atoms with Crippen LogP contribution in [0.5, 0.6) is 0 Å². The van der Waals surface area contributed by atoms with Gasteiger partial charge < -0.3 is 15.5 Å². The number of benzene rings is 1. The van der Waals surface area contributed by atoms with Gasteiger partial charge in [-0.2, -0.15) is 0 Å². The van der Waals surface area contributed by atoms with Gasteiger partial charge in [0.1, 0.15) is 0 Å². The van der Waals surface area contributed by atoms with Crippen molar-refractivity contribution < 1.29 is 9.53 Å². The summed E-state index contributed by atoms with van der Waals surface area (Å²) >= 11 is 0. The van der Waals surface area contributed by atoms with Crippen LogP contribution in [0.25, 0.3) is 10.9 Å². The molecule has 3 rings (SSSR count). The molecule has 110 valence electrons. The van der Waals surface area contributed by atoms with E-state index in [0.717, 1.165) is 29.7 Å². The minimum atomic E-state index is -0.114. The molecule has 0 aliphatic carbocycles. The average Bonchev–Trinajstić information content (AvgIpc) is 2.50. The summed E-state index contributed by atoms with van der Waals surface area (Å²) < 4.78 is 5.36. The maximum Gasteiger partial charge on any atom is 0.221 e. The Balaban J connectivity index is 2.00. The molecule has 1 aromatic heterocycles. The number of aromatic nitrogens is 1. The lowest BCUT2D eigenvalue weighted by Gasteiger charge is -2.29. The maximum absolute atomic E-state index is 11.4. The lowest BCUT2D eigenvalue weighted by molar-refractivity contribution is -0.114. The van der Waals surface area contributed by atoms with E-state index in [1.54, 1.807) is 6.20 Å². The number of pyridine rings is 1. The minimum Gasteiger partial charge on any atom is -0.379 e. The monoisotopic (exact) mass is 286 g/mol. The smallest absolute Gasteiger partial charge is 0.221 e. The van der Waals surface area contributed by atoms with Gasteiger partial charge in [0.25, 0.3) is 0 Å². The average molecular weight is 286 g/mol. The number of carbonyl (C=O) groups excluding carboxylic acids is 1. The fourth-order valence-electron chi connectivity index (χ4n) is 2.38. The Bertz CT molecular complexity index is 653. The highest BCUT2D eigenvalue weighted by molar-refractivity contribution is 6.02. The van der Waals surface area contributed by atoms with Crippen LogP contribution in [0, 0.1) is 0 Å². The molecule has 2 heterocycles. The van der Waals surface area contributed by atoms with E-state index < -0.39 is 0 Å². The number of fused-ring (bicyclic) bond motifs is 1. The first-order valence-electron chi connectivity index (χ1n) is 6.99. The molecule has 1 fully saturated rings. The van der Waals surface area contributed by atoms with Gasteiger partial charge in [-0.3, -0.25) is 9.78 Å². The highest BCUT2D eigenvalue weighted by atomic mass is 16.5. The van der Waals surface area contributed by atoms with Crippen molar-refractivity contribution in [1.82, 2.24) is 9.99 Å². The Labute approximate surface area is 123 Å². The highest BCUT2D eigenvalue weighted by Gasteiger charge is 2.15. The number of carbonyl (C=O) groups is 1. The van der Waals surface area contributed by atoms with Crippen molar-refractivity contribution in [3.8, 4) is 0 Å². The van der Waals surface area contributed by atoms with Crippen molar-refractivity contribution in [2.45, 2.75) is 6.92 Å². The lowest BCUT2D eigenvalue weighted by atomic mass is 10.1. The molecule has 1 aliphatic heterocycles. The molecule has 1 aromatic carbocycles. The first-order valence-corrected chi connectivity index (χ1v) is 6.99. The number of para-hydroxylation sites is 1. The number of hydrogen-bond donors (Lipinski definition) is 2. The zero-order valence-electron chi connectivity index (χ0n) is 11.9. The molecule has 1 aliphatic rings. The largest absolute Gasteiger partial charge is 0.379 e. The number of nitrogens with one attached hydrogen (secondary N) is 2. The molecule has 0 atom stereocenters. The van der Waals surface area contributed by atoms with Gasteiger partial charge >= 0.3 is 0 Å². The van der Waals surface area contributed by atoms with E-state index in [4.69, 9.17) is 4.74 Å². The van der Waals surface area contributed by atoms with Crippen LogP contribution in [0.2, 0.25) is 0 Å². The van der Waals surface area contributed by atoms with Crippen LogP contribution in [-0.2, 0) is 9.53 Å². The molecule has 0 radical (unpaired) electrons. The second-order valence-corrected chi connectivity index (χ2v) is 4.96. The number of amides is 1. The third-order valence-corrected chi connectivity index (χ3v) is 3.37. The van der Waals surface area contributed by atoms with Gasteiger partial charge in [0, 0.05) is 25.4 Å². The third-order valence-electron chi connectivity index (χ3n) is 3.37. The summed E-state index contributed by atoms with van der Waals surface area (Å²) in [7, 11) is 0. The normalized spacial score (nSPS) is 15.9. The van der Waals surface area contributed by atoms with Crippen molar-refractivity contribution in [2.24, 2.45) is 0 Å². The Morgan fingerprint density at radius 2 is 2.05 bits per heavy atom. The zero-order valence-corrected chi connectivity index (χ0v) is 11.9. The Morgan fingerprint density at radius 3 is 2.81 bits per heavy atom. The number of hydrogen-bond acceptors (Lipinski definition) is 5. The number of ether oxygens (including phenoxy) is 1. The number of rotatable bonds is 3. The van der Waals surface area contributed by atoms with E-state index in [1.165, 1.54) is 6.92 Å². The molecule has 6 nitrogen and oxygen atoms in total. The molecular weight excluding hydrogens is 268 g/mol. The van der Waals surface area contributed by atoms with Crippen LogP contribution in [0.4, 0.5) is 11.4 Å². The second-order valence-electron chi connectivity index (χ2n) is 4.96. The van der Waals surface area contributed by atoms with Gasteiger partial charge in [-0.1, -0.05) is 18.2 Å². The van der Waals surface area contributed by atoms with Crippen molar-refractivity contribution in [3.63, 3.8) is 0 Å². The predicted octanol–water partition coefficient (Wildman–Crippen LogP) is 1.85. The van der Waals surface area contributed by atoms with E-state index in [0.29, 0.717) is 18.9 Å². The molecule has 1 saturated heterocycles. The Kier molecular flexibility index (Phi) is 3.98. The fraction of sp³-hybridized carbons (Fsp3) is 0.333. The van der Waals surface area contributed by atoms with Gasteiger partial charge in [0.05, 0.1) is 36.3 Å². The number of hydrazine groups is 1. The first-order chi connectivity index (χ1) is 10.2. The molecule has 0 bridgehead atoms. The zero-order chi connectivity index (χ0) is 14.7. The molecule has 2 N–H and O–H groups in total. The van der Waals surface area contributed by atoms with Crippen LogP contribution < -0.4 is 10.7 Å². The van der Waals surface area contributed by atoms with Crippen molar-refractivity contribution in [1.29, 1.82) is 0 Å². The van der Waals surface area contributed by atoms with Gasteiger partial charge in [-0.05, 0) is 6.07 Å². The highest BCUT2D eigenvalue weighted by Crippen LogP contribution is 2.30. The summed E-state index contributed by atoms with van der Waals surface area (Å²) in [4.78, 5) is 15.8. The number of nitrogens with zero attached hydrogens (tertiary/aromatic N) is 2. The van der Waals surface area contributed by atoms with Crippen molar-refractivity contribution >= 4 is 28.2 Å². The molecular formula is C15H18N4O2. The summed E-state index contributed by atoms with van der Waals surface area (Å²) in [5.41, 5.74) is 5.85. The molecule has 0 saturated carbocycles. The van der Waals surface area contributed by atoms with Crippen molar-refractivity contribution in [3.05, 3.63) is 30.5 Å². The SMILES string of the molecule is CC(=O)Nc1cnc2ccccc2c1NN1CCOCC1. The van der Waals surface area contributed by atoms with Gasteiger partial charge in [0.15, 0.2) is 0 Å². The molecule has 1 amide bonds. The molecule has 2 aromatic rings. The standard InChI is InChI=1S/C15H18N4O2/c1-11(20)17-14-10-16-13-5-3-2-4-12(13)15(14)18-19-6-8-21-9-7-19/h2-5,10H,6-9H2,1H3,(H,16,18)(H,17,20). The molecule has 21 heavy (non-hydrogen) atoms. The molecule has 0 spiro atoms. The van der Waals surface area contributed by atoms with Gasteiger partial charge in [0.2, 0.25) is 5.91 Å². The number of morpholine rings is 1. The van der Waals surface area contributed by atoms with Crippen LogP contribution in [0.1, 0.15) is 6.92 Å². The Hall–Kier alpha value is -2.18. The van der Waals surface area contributed by atoms with Crippen LogP contribution in [0.15, 0.2) is 30.5 Å². The fourth-order valence-corrected chi connectivity index (χ4v) is 2.38. The van der Waals surface area contributed by atoms with E-state index in [2.05, 4.69) is 20.7 Å². The van der Waals surface area contributed by atoms with E-state index in [1.807, 2.05) is 24.3 Å². The second kappa shape index (κ2) is 6.07. The number of anilines is 2. The summed E-state index contributed by atoms with van der Waals surface area (Å²) in [6.45, 7) is 4.50. The lowest BCUT2D eigenvalue weighted by Crippen LogP contribution is -2.40. The van der Waals surface area contributed by atoms with Crippen LogP contribution in [0.3, 0.4) is 0 Å². The summed E-state index contributed by atoms with van der Waals surface area (Å²) in [6, 6.07) is 7.87. The quantitative estimate of drug-likeness (QED) is 0.901. The topological polar surface area (TPSA) is 66.5 Å². The molecule has 6 heteroatoms. The van der Waals surface area contributed by atoms with Crippen molar-refractivity contribution in [2.75, 3.05) is 37.0 Å². The van der Waals surface area contributed by atoms with Crippen LogP contribution >= 0.6 is 0 Å². The van der Waals surface area contributed by atoms with E-state index in [9.17, 15) is 4.79 Å². The van der Waals surface area contributed by atoms with Gasteiger partial charge in [-0.15, -0.1) is 0 Å². The first kappa shape index (κ1) is 13.8. The van der Waals surface area contributed by atoms with E-state index in [-0.39, 0.29) is 5.91 Å². The third kappa shape index (κ3) is 3.12. The minimum absolute atomic E-state index is 0.114. The maximum atomic E-state index is 11.4. The predicted molar refractivity (Wildman–Crippen MR) is 82.1 cm³/mol. The summed E-state index contributed by atoms with van der Waals surface area (Å²) in [6.07, 6.45) is 1.69.